The minimum absolute atomic E-state index is 0.0460. The maximum atomic E-state index is 15.1. The first-order valence-corrected chi connectivity index (χ1v) is 14.4. The molecule has 1 aromatic heterocycles. The van der Waals surface area contributed by atoms with E-state index >= 15 is 4.39 Å². The molecule has 0 aromatic carbocycles. The fourth-order valence-corrected chi connectivity index (χ4v) is 8.92. The van der Waals surface area contributed by atoms with Gasteiger partial charge in [0, 0.05) is 11.3 Å². The summed E-state index contributed by atoms with van der Waals surface area (Å²) in [7, 11) is 0. The predicted octanol–water partition coefficient (Wildman–Crippen LogP) is 5.12. The molecule has 34 heavy (non-hydrogen) atoms. The largest absolute Gasteiger partial charge is 0.474 e. The maximum absolute atomic E-state index is 15.1. The number of rotatable bonds is 7. The van der Waals surface area contributed by atoms with Crippen LogP contribution in [0.25, 0.3) is 0 Å². The molecule has 1 aromatic rings. The lowest BCUT2D eigenvalue weighted by Gasteiger charge is -2.56. The van der Waals surface area contributed by atoms with Crippen LogP contribution in [0, 0.1) is 23.7 Å². The van der Waals surface area contributed by atoms with Crippen molar-refractivity contribution in [1.82, 2.24) is 15.8 Å². The van der Waals surface area contributed by atoms with Gasteiger partial charge in [-0.1, -0.05) is 19.3 Å². The number of amides is 1. The summed E-state index contributed by atoms with van der Waals surface area (Å²) in [4.78, 5) is 14.3. The summed E-state index contributed by atoms with van der Waals surface area (Å²) in [5.74, 6) is 2.05. The van der Waals surface area contributed by atoms with E-state index in [1.54, 1.807) is 11.8 Å². The second kappa shape index (κ2) is 9.64. The number of ether oxygens (including phenoxy) is 1. The number of hydrogen-bond donors (Lipinski definition) is 2. The lowest BCUT2D eigenvalue weighted by atomic mass is 9.53. The number of aromatic nitrogens is 1. The van der Waals surface area contributed by atoms with Crippen LogP contribution in [0.3, 0.4) is 0 Å². The van der Waals surface area contributed by atoms with Gasteiger partial charge < -0.3 is 19.9 Å². The standard InChI is InChI=1S/C26H38FN3O3S/c27-26-12-17-10-18(13-26)21(19(11-17)14-26)29-24(31)22-23(34-20-4-2-1-3-5-20)25(30-33-22)32-15-16-6-8-28-9-7-16/h16-21,28H,1-15H2,(H,29,31). The summed E-state index contributed by atoms with van der Waals surface area (Å²) < 4.78 is 26.9. The number of halogens is 1. The van der Waals surface area contributed by atoms with Gasteiger partial charge in [-0.3, -0.25) is 4.79 Å². The molecule has 6 nitrogen and oxygen atoms in total. The Kier molecular flexibility index (Phi) is 6.56. The van der Waals surface area contributed by atoms with Crippen LogP contribution in [0.4, 0.5) is 4.39 Å². The van der Waals surface area contributed by atoms with E-state index in [0.717, 1.165) is 62.9 Å². The summed E-state index contributed by atoms with van der Waals surface area (Å²) in [6, 6.07) is 0.0460. The molecule has 5 aliphatic carbocycles. The third-order valence-electron chi connectivity index (χ3n) is 9.07. The molecule has 2 unspecified atom stereocenters. The first kappa shape index (κ1) is 23.1. The third-order valence-corrected chi connectivity index (χ3v) is 10.5. The van der Waals surface area contributed by atoms with E-state index < -0.39 is 5.67 Å². The van der Waals surface area contributed by atoms with Crippen molar-refractivity contribution in [2.45, 2.75) is 98.9 Å². The van der Waals surface area contributed by atoms with E-state index in [0.29, 0.717) is 48.2 Å². The summed E-state index contributed by atoms with van der Waals surface area (Å²) in [6.45, 7) is 2.66. The molecule has 1 saturated heterocycles. The van der Waals surface area contributed by atoms with E-state index in [1.807, 2.05) is 0 Å². The molecule has 0 spiro atoms. The smallest absolute Gasteiger partial charge is 0.291 e. The van der Waals surface area contributed by atoms with Crippen molar-refractivity contribution in [2.24, 2.45) is 23.7 Å². The Bertz CT molecular complexity index is 867. The normalized spacial score (nSPS) is 36.0. The molecule has 2 N–H and O–H groups in total. The SMILES string of the molecule is O=C(NC1C2CC3CC1CC(F)(C3)C2)c1onc(OCC2CCNCC2)c1SC1CCCCC1. The van der Waals surface area contributed by atoms with Gasteiger partial charge in [-0.05, 0) is 99.7 Å². The molecule has 7 rings (SSSR count). The third kappa shape index (κ3) is 4.73. The molecule has 6 fully saturated rings. The van der Waals surface area contributed by atoms with Crippen molar-refractivity contribution in [3.05, 3.63) is 5.76 Å². The number of thioether (sulfide) groups is 1. The molecule has 1 aliphatic heterocycles. The molecule has 0 radical (unpaired) electrons. The van der Waals surface area contributed by atoms with Crippen molar-refractivity contribution < 1.29 is 18.4 Å². The molecule has 6 aliphatic rings. The number of nitrogens with one attached hydrogen (secondary N) is 2. The fraction of sp³-hybridized carbons (Fsp3) is 0.846. The second-order valence-corrected chi connectivity index (χ2v) is 13.0. The summed E-state index contributed by atoms with van der Waals surface area (Å²) >= 11 is 1.72. The fourth-order valence-electron chi connectivity index (χ4n) is 7.58. The van der Waals surface area contributed by atoms with Crippen molar-refractivity contribution in [3.8, 4) is 5.88 Å². The highest BCUT2D eigenvalue weighted by atomic mass is 32.2. The Balaban J connectivity index is 1.18. The first-order chi connectivity index (χ1) is 16.6. The van der Waals surface area contributed by atoms with Gasteiger partial charge in [0.05, 0.1) is 6.61 Å². The Morgan fingerprint density at radius 1 is 1.12 bits per heavy atom. The minimum atomic E-state index is -0.998. The number of hydrogen-bond acceptors (Lipinski definition) is 6. The van der Waals surface area contributed by atoms with Crippen LogP contribution in [-0.4, -0.2) is 47.7 Å². The lowest BCUT2D eigenvalue weighted by molar-refractivity contribution is -0.0907. The van der Waals surface area contributed by atoms with Gasteiger partial charge in [-0.15, -0.1) is 11.8 Å². The van der Waals surface area contributed by atoms with Crippen molar-refractivity contribution >= 4 is 17.7 Å². The zero-order valence-corrected chi connectivity index (χ0v) is 20.8. The Hall–Kier alpha value is -1.28. The molecule has 2 atom stereocenters. The van der Waals surface area contributed by atoms with Gasteiger partial charge in [-0.2, -0.15) is 0 Å². The van der Waals surface area contributed by atoms with Crippen LogP contribution < -0.4 is 15.4 Å². The average Bonchev–Trinajstić information content (AvgIpc) is 3.22. The van der Waals surface area contributed by atoms with E-state index in [4.69, 9.17) is 9.26 Å². The highest BCUT2D eigenvalue weighted by molar-refractivity contribution is 8.00. The van der Waals surface area contributed by atoms with E-state index in [9.17, 15) is 4.79 Å². The summed E-state index contributed by atoms with van der Waals surface area (Å²) in [6.07, 6.45) is 12.2. The lowest BCUT2D eigenvalue weighted by Crippen LogP contribution is -2.60. The minimum Gasteiger partial charge on any atom is -0.474 e. The first-order valence-electron chi connectivity index (χ1n) is 13.6. The van der Waals surface area contributed by atoms with Crippen LogP contribution in [0.1, 0.15) is 87.6 Å². The Morgan fingerprint density at radius 3 is 2.56 bits per heavy atom. The van der Waals surface area contributed by atoms with Gasteiger partial charge in [0.1, 0.15) is 10.6 Å². The van der Waals surface area contributed by atoms with Gasteiger partial charge >= 0.3 is 0 Å². The zero-order valence-electron chi connectivity index (χ0n) is 20.0. The summed E-state index contributed by atoms with van der Waals surface area (Å²) in [5.41, 5.74) is -0.998. The van der Waals surface area contributed by atoms with Gasteiger partial charge in [-0.25, -0.2) is 4.39 Å². The molecular weight excluding hydrogens is 453 g/mol. The van der Waals surface area contributed by atoms with Crippen LogP contribution in [0.2, 0.25) is 0 Å². The molecule has 188 valence electrons. The van der Waals surface area contributed by atoms with Crippen molar-refractivity contribution in [3.63, 3.8) is 0 Å². The molecule has 4 bridgehead atoms. The quantitative estimate of drug-likeness (QED) is 0.551. The Morgan fingerprint density at radius 2 is 1.85 bits per heavy atom. The van der Waals surface area contributed by atoms with Crippen molar-refractivity contribution in [2.75, 3.05) is 19.7 Å². The second-order valence-electron chi connectivity index (χ2n) is 11.6. The number of piperidine rings is 1. The van der Waals surface area contributed by atoms with Crippen LogP contribution >= 0.6 is 11.8 Å². The van der Waals surface area contributed by atoms with E-state index in [1.165, 1.54) is 19.3 Å². The maximum Gasteiger partial charge on any atom is 0.291 e. The number of nitrogens with zero attached hydrogens (tertiary/aromatic N) is 1. The molecule has 5 saturated carbocycles. The molecule has 1 amide bonds. The number of carbonyl (C=O) groups is 1. The van der Waals surface area contributed by atoms with Gasteiger partial charge in [0.15, 0.2) is 0 Å². The van der Waals surface area contributed by atoms with Crippen molar-refractivity contribution in [1.29, 1.82) is 0 Å². The molecule has 2 heterocycles. The topological polar surface area (TPSA) is 76.4 Å². The van der Waals surface area contributed by atoms with E-state index in [2.05, 4.69) is 15.8 Å². The van der Waals surface area contributed by atoms with E-state index in [-0.39, 0.29) is 23.8 Å². The highest BCUT2D eigenvalue weighted by Gasteiger charge is 2.56. The monoisotopic (exact) mass is 491 g/mol. The summed E-state index contributed by atoms with van der Waals surface area (Å²) in [5, 5.41) is 11.4. The van der Waals surface area contributed by atoms with Crippen LogP contribution in [-0.2, 0) is 0 Å². The molecular formula is C26H38FN3O3S. The number of carbonyl (C=O) groups excluding carboxylic acids is 1. The predicted molar refractivity (Wildman–Crippen MR) is 129 cm³/mol. The Labute approximate surface area is 205 Å². The molecule has 8 heteroatoms. The van der Waals surface area contributed by atoms with Crippen LogP contribution in [0.15, 0.2) is 9.42 Å². The van der Waals surface area contributed by atoms with Gasteiger partial charge in [0.2, 0.25) is 5.76 Å². The van der Waals surface area contributed by atoms with Gasteiger partial charge in [0.25, 0.3) is 11.8 Å². The average molecular weight is 492 g/mol. The highest BCUT2D eigenvalue weighted by Crippen LogP contribution is 2.57. The van der Waals surface area contributed by atoms with Crippen LogP contribution in [0.5, 0.6) is 5.88 Å². The zero-order chi connectivity index (χ0) is 23.1. The number of alkyl halides is 1.